The average Bonchev–Trinajstić information content (AvgIpc) is 2.68. The van der Waals surface area contributed by atoms with E-state index in [1.54, 1.807) is 18.1 Å². The van der Waals surface area contributed by atoms with E-state index in [0.29, 0.717) is 0 Å². The maximum atomic E-state index is 4.07. The summed E-state index contributed by atoms with van der Waals surface area (Å²) in [5.74, 6) is 0. The molecule has 4 nitrogen and oxygen atoms in total. The van der Waals surface area contributed by atoms with Crippen molar-refractivity contribution in [1.29, 1.82) is 0 Å². The molecule has 0 unspecified atom stereocenters. The molecule has 0 radical (unpaired) electrons. The highest BCUT2D eigenvalue weighted by Gasteiger charge is 2.12. The van der Waals surface area contributed by atoms with Gasteiger partial charge in [-0.25, -0.2) is 4.68 Å². The molecule has 2 aromatic rings. The van der Waals surface area contributed by atoms with Crippen LogP contribution in [0.5, 0.6) is 0 Å². The summed E-state index contributed by atoms with van der Waals surface area (Å²) in [5, 5.41) is 8.81. The maximum Gasteiger partial charge on any atom is 0.214 e. The van der Waals surface area contributed by atoms with Gasteiger partial charge in [0.2, 0.25) is 5.16 Å². The van der Waals surface area contributed by atoms with Crippen LogP contribution in [0.2, 0.25) is 0 Å². The number of rotatable bonds is 1. The summed E-state index contributed by atoms with van der Waals surface area (Å²) in [5.41, 5.74) is 4.41. The number of benzene rings is 1. The number of aromatic nitrogens is 3. The first-order valence-corrected chi connectivity index (χ1v) is 5.82. The Hall–Kier alpha value is -1.75. The van der Waals surface area contributed by atoms with Crippen molar-refractivity contribution in [3.8, 4) is 0 Å². The van der Waals surface area contributed by atoms with Crippen molar-refractivity contribution in [1.82, 2.24) is 14.9 Å². The predicted molar refractivity (Wildman–Crippen MR) is 64.5 cm³/mol. The molecule has 16 heavy (non-hydrogen) atoms. The fourth-order valence-corrected chi connectivity index (χ4v) is 2.47. The van der Waals surface area contributed by atoms with Crippen LogP contribution in [0.4, 0.5) is 0 Å². The lowest BCUT2D eigenvalue weighted by atomic mass is 10.2. The number of hydrogen-bond acceptors (Lipinski definition) is 4. The van der Waals surface area contributed by atoms with E-state index in [2.05, 4.69) is 33.8 Å². The Kier molecular flexibility index (Phi) is 2.38. The van der Waals surface area contributed by atoms with E-state index in [9.17, 15) is 0 Å². The monoisotopic (exact) mass is 230 g/mol. The van der Waals surface area contributed by atoms with Gasteiger partial charge in [0.15, 0.2) is 0 Å². The lowest BCUT2D eigenvalue weighted by Crippen LogP contribution is -2.12. The first-order chi connectivity index (χ1) is 7.93. The minimum Gasteiger partial charge on any atom is -0.319 e. The maximum absolute atomic E-state index is 4.07. The van der Waals surface area contributed by atoms with Crippen molar-refractivity contribution >= 4 is 16.7 Å². The molecule has 1 aliphatic rings. The summed E-state index contributed by atoms with van der Waals surface area (Å²) < 4.78 is 1.84. The summed E-state index contributed by atoms with van der Waals surface area (Å²) in [6.07, 6.45) is 3.85. The topological polar surface area (TPSA) is 42.7 Å². The van der Waals surface area contributed by atoms with Crippen LogP contribution in [0.1, 0.15) is 5.56 Å². The van der Waals surface area contributed by atoms with Gasteiger partial charge in [0, 0.05) is 4.91 Å². The van der Waals surface area contributed by atoms with Gasteiger partial charge < -0.3 is 5.43 Å². The fraction of sp³-hybridized carbons (Fsp3) is 0.0909. The second-order valence-corrected chi connectivity index (χ2v) is 4.39. The summed E-state index contributed by atoms with van der Waals surface area (Å²) in [6, 6.07) is 10.3. The summed E-state index contributed by atoms with van der Waals surface area (Å²) in [4.78, 5) is 1.21. The van der Waals surface area contributed by atoms with Crippen LogP contribution in [0.25, 0.3) is 4.91 Å². The summed E-state index contributed by atoms with van der Waals surface area (Å²) in [7, 11) is 0. The van der Waals surface area contributed by atoms with Crippen LogP contribution in [0, 0.1) is 0 Å². The third kappa shape index (κ3) is 1.69. The van der Waals surface area contributed by atoms with Crippen molar-refractivity contribution in [3.05, 3.63) is 48.3 Å². The molecule has 1 aromatic carbocycles. The molecule has 3 rings (SSSR count). The summed E-state index contributed by atoms with van der Waals surface area (Å²) >= 11 is 1.63. The van der Waals surface area contributed by atoms with Gasteiger partial charge in [-0.15, -0.1) is 10.2 Å². The molecule has 0 fully saturated rings. The van der Waals surface area contributed by atoms with Crippen molar-refractivity contribution in [3.63, 3.8) is 0 Å². The molecular weight excluding hydrogens is 220 g/mol. The van der Waals surface area contributed by atoms with E-state index < -0.39 is 0 Å². The second kappa shape index (κ2) is 4.02. The number of hydrogen-bond donors (Lipinski definition) is 1. The van der Waals surface area contributed by atoms with Crippen LogP contribution in [-0.2, 0) is 0 Å². The smallest absolute Gasteiger partial charge is 0.214 e. The number of thioether (sulfide) groups is 1. The molecule has 0 saturated heterocycles. The Morgan fingerprint density at radius 2 is 2.12 bits per heavy atom. The molecule has 1 N–H and O–H groups in total. The van der Waals surface area contributed by atoms with Crippen molar-refractivity contribution < 1.29 is 0 Å². The molecule has 0 atom stereocenters. The van der Waals surface area contributed by atoms with E-state index in [1.807, 2.05) is 22.9 Å². The van der Waals surface area contributed by atoms with Gasteiger partial charge >= 0.3 is 0 Å². The normalized spacial score (nSPS) is 14.6. The highest BCUT2D eigenvalue weighted by Crippen LogP contribution is 2.33. The van der Waals surface area contributed by atoms with Gasteiger partial charge in [-0.1, -0.05) is 30.3 Å². The average molecular weight is 230 g/mol. The summed E-state index contributed by atoms with van der Waals surface area (Å²) in [6.45, 7) is 0.780. The standard InChI is InChI=1S/C11H10N4S/c1-2-4-9(5-3-1)10-6-7-13-15-8-12-14-11(15)16-10/h1-6,8,13H,7H2. The molecule has 0 saturated carbocycles. The van der Waals surface area contributed by atoms with Crippen molar-refractivity contribution in [2.24, 2.45) is 0 Å². The van der Waals surface area contributed by atoms with E-state index in [0.717, 1.165) is 11.7 Å². The van der Waals surface area contributed by atoms with E-state index in [4.69, 9.17) is 0 Å². The predicted octanol–water partition coefficient (Wildman–Crippen LogP) is 1.97. The fourth-order valence-electron chi connectivity index (χ4n) is 1.56. The van der Waals surface area contributed by atoms with Crippen LogP contribution in [0.3, 0.4) is 0 Å². The lowest BCUT2D eigenvalue weighted by molar-refractivity contribution is 0.786. The molecule has 1 aliphatic heterocycles. The highest BCUT2D eigenvalue weighted by molar-refractivity contribution is 8.08. The van der Waals surface area contributed by atoms with Crippen LogP contribution in [-0.4, -0.2) is 21.4 Å². The van der Waals surface area contributed by atoms with Gasteiger partial charge in [0.1, 0.15) is 6.33 Å². The van der Waals surface area contributed by atoms with Gasteiger partial charge in [-0.3, -0.25) is 0 Å². The zero-order valence-electron chi connectivity index (χ0n) is 8.50. The molecular formula is C11H10N4S. The molecule has 5 heteroatoms. The van der Waals surface area contributed by atoms with Gasteiger partial charge in [0.25, 0.3) is 0 Å². The zero-order valence-corrected chi connectivity index (χ0v) is 9.31. The van der Waals surface area contributed by atoms with Crippen LogP contribution < -0.4 is 5.43 Å². The van der Waals surface area contributed by atoms with Crippen molar-refractivity contribution in [2.75, 3.05) is 12.0 Å². The van der Waals surface area contributed by atoms with Crippen molar-refractivity contribution in [2.45, 2.75) is 5.16 Å². The van der Waals surface area contributed by atoms with Gasteiger partial charge in [-0.2, -0.15) is 0 Å². The molecule has 2 heterocycles. The van der Waals surface area contributed by atoms with E-state index in [-0.39, 0.29) is 0 Å². The largest absolute Gasteiger partial charge is 0.319 e. The van der Waals surface area contributed by atoms with Gasteiger partial charge in [0.05, 0.1) is 6.54 Å². The minimum atomic E-state index is 0.780. The molecule has 1 aromatic heterocycles. The molecule has 0 amide bonds. The Morgan fingerprint density at radius 3 is 3.00 bits per heavy atom. The lowest BCUT2D eigenvalue weighted by Gasteiger charge is -2.03. The Labute approximate surface area is 97.4 Å². The zero-order chi connectivity index (χ0) is 10.8. The number of nitrogens with zero attached hydrogens (tertiary/aromatic N) is 3. The number of nitrogens with one attached hydrogen (secondary N) is 1. The number of fused-ring (bicyclic) bond motifs is 1. The molecule has 0 spiro atoms. The SMILES string of the molecule is C1=C(c2ccccc2)Sc2nncn2NC1. The van der Waals surface area contributed by atoms with E-state index >= 15 is 0 Å². The molecule has 80 valence electrons. The first kappa shape index (κ1) is 9.47. The first-order valence-electron chi connectivity index (χ1n) is 5.01. The Bertz CT molecular complexity index is 518. The molecule has 0 aliphatic carbocycles. The van der Waals surface area contributed by atoms with Crippen LogP contribution >= 0.6 is 11.8 Å². The van der Waals surface area contributed by atoms with Crippen LogP contribution in [0.15, 0.2) is 47.9 Å². The van der Waals surface area contributed by atoms with E-state index in [1.165, 1.54) is 10.5 Å². The third-order valence-corrected chi connectivity index (χ3v) is 3.41. The minimum absolute atomic E-state index is 0.780. The molecule has 0 bridgehead atoms. The Morgan fingerprint density at radius 1 is 1.25 bits per heavy atom. The highest BCUT2D eigenvalue weighted by atomic mass is 32.2. The third-order valence-electron chi connectivity index (χ3n) is 2.33. The quantitative estimate of drug-likeness (QED) is 0.813. The van der Waals surface area contributed by atoms with Gasteiger partial charge in [-0.05, 0) is 23.4 Å². The Balaban J connectivity index is 1.96. The second-order valence-electron chi connectivity index (χ2n) is 3.38.